The van der Waals surface area contributed by atoms with Crippen molar-refractivity contribution in [2.75, 3.05) is 24.4 Å². The van der Waals surface area contributed by atoms with E-state index in [0.717, 1.165) is 79.1 Å². The van der Waals surface area contributed by atoms with Gasteiger partial charge in [-0.2, -0.15) is 28.1 Å². The zero-order valence-electron chi connectivity index (χ0n) is 70.2. The van der Waals surface area contributed by atoms with Crippen molar-refractivity contribution in [3.63, 3.8) is 0 Å². The molecule has 680 valence electrons. The minimum atomic E-state index is -1.12. The van der Waals surface area contributed by atoms with Crippen LogP contribution in [0.15, 0.2) is 308 Å². The number of aromatic nitrogens is 24. The van der Waals surface area contributed by atoms with Crippen LogP contribution in [0.2, 0.25) is 10.0 Å². The highest BCUT2D eigenvalue weighted by molar-refractivity contribution is 9.10. The number of hydrogen-bond acceptors (Lipinski definition) is 31. The second-order valence-corrected chi connectivity index (χ2v) is 35.1. The zero-order valence-corrected chi connectivity index (χ0v) is 78.2. The maximum atomic E-state index is 11.1. The number of tetrazole rings is 6. The van der Waals surface area contributed by atoms with Crippen LogP contribution in [0.4, 0.5) is 0 Å². The molecule has 0 amide bonds. The number of methoxy groups -OCH3 is 1. The lowest BCUT2D eigenvalue weighted by molar-refractivity contribution is 0.0683. The third kappa shape index (κ3) is 27.6. The highest BCUT2D eigenvalue weighted by atomic mass is 79.9. The number of rotatable bonds is 31. The van der Waals surface area contributed by atoms with Crippen LogP contribution in [0.3, 0.4) is 0 Å². The smallest absolute Gasteiger partial charge is 0.339 e. The van der Waals surface area contributed by atoms with E-state index < -0.39 is 35.8 Å². The predicted molar refractivity (Wildman–Crippen MR) is 507 cm³/mol. The van der Waals surface area contributed by atoms with E-state index in [1.807, 2.05) is 129 Å². The molecule has 17 rings (SSSR count). The largest absolute Gasteiger partial charge is 0.496 e. The van der Waals surface area contributed by atoms with Gasteiger partial charge in [0.2, 0.25) is 30.9 Å². The molecule has 0 aliphatic heterocycles. The number of ether oxygens (including phenoxy) is 1. The predicted octanol–water partition coefficient (Wildman–Crippen LogP) is 17.3. The third-order valence-corrected chi connectivity index (χ3v) is 25.3. The number of thioether (sulfide) groups is 6. The molecule has 0 saturated heterocycles. The Morgan fingerprint density at radius 2 is 0.687 bits per heavy atom. The molecule has 11 aromatic carbocycles. The molecule has 0 aliphatic rings. The van der Waals surface area contributed by atoms with Crippen molar-refractivity contribution >= 4 is 146 Å². The van der Waals surface area contributed by atoms with E-state index in [-0.39, 0.29) is 49.4 Å². The molecule has 134 heavy (non-hydrogen) atoms. The van der Waals surface area contributed by atoms with E-state index in [0.29, 0.717) is 47.3 Å². The highest BCUT2D eigenvalue weighted by Gasteiger charge is 2.24. The van der Waals surface area contributed by atoms with Gasteiger partial charge in [-0.3, -0.25) is 0 Å². The molecule has 17 aromatic rings. The van der Waals surface area contributed by atoms with Crippen LogP contribution in [0, 0.1) is 0 Å². The molecule has 6 N–H and O–H groups in total. The monoisotopic (exact) mass is 2010 g/mol. The van der Waals surface area contributed by atoms with Crippen LogP contribution < -0.4 is 4.74 Å². The second-order valence-electron chi connectivity index (χ2n) is 26.9. The van der Waals surface area contributed by atoms with Gasteiger partial charge >= 0.3 is 35.8 Å². The van der Waals surface area contributed by atoms with E-state index in [4.69, 9.17) is 58.6 Å². The Balaban J connectivity index is 0.000000146. The van der Waals surface area contributed by atoms with E-state index >= 15 is 0 Å². The van der Waals surface area contributed by atoms with Gasteiger partial charge in [0.05, 0.1) is 79.3 Å². The van der Waals surface area contributed by atoms with Crippen molar-refractivity contribution in [3.8, 4) is 39.9 Å². The summed E-state index contributed by atoms with van der Waals surface area (Å²) >= 11 is 24.8. The minimum Gasteiger partial charge on any atom is -0.496 e. The molecule has 6 heterocycles. The van der Waals surface area contributed by atoms with Gasteiger partial charge in [-0.05, 0) is 254 Å². The van der Waals surface area contributed by atoms with Gasteiger partial charge in [0.1, 0.15) is 11.3 Å². The number of hydrogen-bond donors (Lipinski definition) is 6. The molecule has 37 nitrogen and oxygen atoms in total. The van der Waals surface area contributed by atoms with Crippen molar-refractivity contribution < 1.29 is 64.1 Å². The average Bonchev–Trinajstić information content (AvgIpc) is 1.50. The maximum absolute atomic E-state index is 11.1. The second kappa shape index (κ2) is 49.7. The molecule has 0 bridgehead atoms. The fourth-order valence-corrected chi connectivity index (χ4v) is 17.6. The first-order valence-electron chi connectivity index (χ1n) is 39.5. The molecular weight excluding hydrogens is 1940 g/mol. The van der Waals surface area contributed by atoms with Crippen molar-refractivity contribution in [3.05, 3.63) is 349 Å². The third-order valence-electron chi connectivity index (χ3n) is 18.2. The van der Waals surface area contributed by atoms with Crippen LogP contribution in [-0.2, 0) is 17.9 Å². The molecule has 0 aliphatic carbocycles. The van der Waals surface area contributed by atoms with E-state index in [1.54, 1.807) is 95.8 Å². The molecule has 0 spiro atoms. The summed E-state index contributed by atoms with van der Waals surface area (Å²) in [5.41, 5.74) is 11.0. The molecule has 46 heteroatoms. The summed E-state index contributed by atoms with van der Waals surface area (Å²) in [5, 5.41) is 128. The first-order valence-corrected chi connectivity index (χ1v) is 46.8. The molecule has 1 unspecified atom stereocenters. The van der Waals surface area contributed by atoms with Gasteiger partial charge in [0, 0.05) is 32.8 Å². The Morgan fingerprint density at radius 3 is 1.07 bits per heavy atom. The number of carboxylic acid groups (broad SMARTS) is 6. The Kier molecular flexibility index (Phi) is 36.6. The van der Waals surface area contributed by atoms with Crippen LogP contribution in [0.5, 0.6) is 5.75 Å². The van der Waals surface area contributed by atoms with Gasteiger partial charge < -0.3 is 35.4 Å². The van der Waals surface area contributed by atoms with E-state index in [2.05, 4.69) is 133 Å². The molecule has 0 radical (unpaired) electrons. The Morgan fingerprint density at radius 1 is 0.358 bits per heavy atom. The Labute approximate surface area is 805 Å². The van der Waals surface area contributed by atoms with E-state index in [1.165, 1.54) is 155 Å². The first kappa shape index (κ1) is 98.7. The van der Waals surface area contributed by atoms with Crippen molar-refractivity contribution in [1.82, 2.24) is 121 Å². The topological polar surface area (TPSA) is 495 Å². The lowest BCUT2D eigenvalue weighted by Gasteiger charge is -2.17. The first-order chi connectivity index (χ1) is 65.0. The van der Waals surface area contributed by atoms with Crippen molar-refractivity contribution in [2.45, 2.75) is 68.0 Å². The van der Waals surface area contributed by atoms with Crippen molar-refractivity contribution in [1.29, 1.82) is 0 Å². The average molecular weight is 2020 g/mol. The quantitative estimate of drug-likeness (QED) is 0.0220. The van der Waals surface area contributed by atoms with Gasteiger partial charge in [-0.1, -0.05) is 245 Å². The maximum Gasteiger partial charge on any atom is 0.339 e. The zero-order chi connectivity index (χ0) is 94.8. The normalized spacial score (nSPS) is 10.9. The number of carboxylic acids is 6. The summed E-state index contributed by atoms with van der Waals surface area (Å²) in [7, 11) is 1.39. The summed E-state index contributed by atoms with van der Waals surface area (Å²) in [5.74, 6) is -1.72. The van der Waals surface area contributed by atoms with E-state index in [9.17, 15) is 28.8 Å². The molecule has 6 aromatic heterocycles. The van der Waals surface area contributed by atoms with Gasteiger partial charge in [0.25, 0.3) is 0 Å². The number of nitrogens with zero attached hydrogens (tertiary/aromatic N) is 24. The van der Waals surface area contributed by atoms with Crippen LogP contribution in [0.25, 0.3) is 34.1 Å². The summed E-state index contributed by atoms with van der Waals surface area (Å²) in [6.07, 6.45) is 0.927. The molecule has 1 atom stereocenters. The lowest BCUT2D eigenvalue weighted by Crippen LogP contribution is -2.05. The number of aryl methyl sites for hydroxylation is 1. The van der Waals surface area contributed by atoms with Crippen LogP contribution in [0.1, 0.15) is 109 Å². The number of halogens is 3. The summed E-state index contributed by atoms with van der Waals surface area (Å²) in [6, 6.07) is 81.0. The van der Waals surface area contributed by atoms with Gasteiger partial charge in [-0.25, -0.2) is 28.8 Å². The molecule has 0 fully saturated rings. The lowest BCUT2D eigenvalue weighted by atomic mass is 10.0. The SMILES string of the molecule is CCSc1nnnn1-c1cc(OC)c(C(=O)O)cc1Cl.CCSc1nnnn1-c1ccc(C(=O)O)cc1.O=C(O)c1ccc(-n2nnnc2SC(c2ccccc2)c2ccc(Cl)cc2)cc1.O=C(O)c1ccc(-n2nnnc2SCCc2ccccc2)cc1.O=C(O)c1ccc(-n2nnnc2SCc2ccccc2)cc1.O=C(O)c1ccc(-n2nnnc2SCc2ccccc2Br)cc1. The summed E-state index contributed by atoms with van der Waals surface area (Å²) in [6.45, 7) is 3.98. The highest BCUT2D eigenvalue weighted by Crippen LogP contribution is 2.41. The standard InChI is InChI=1S/C21H15ClN4O2S.C16H14N4O2S.C15H11BrN4O2S.C15H12N4O2S.C11H11ClN4O3S.C10H10N4O2S/c22-17-10-6-15(7-11-17)19(14-4-2-1-3-5-14)29-21-23-24-25-26(21)18-12-8-16(9-13-18)20(27)28;21-15(22)13-6-8-14(9-7-13)20-16(17-18-19-20)23-11-10-12-4-2-1-3-5-12;16-13-4-2-1-3-11(13)9-23-15-17-18-19-20(15)12-7-5-10(6-8-12)14(21)22;20-14(21)12-6-8-13(9-7-12)19-15(16-17-18-19)22-10-11-4-2-1-3-5-11;1-3-20-11-13-14-15-16(11)8-5-9(19-2)6(10(17)18)4-7(8)12;1-2-17-10-11-12-13-14(10)8-5-3-7(4-6-8)9(15)16/h1-13,19H,(H,27,28);1-9H,10-11H2,(H,21,22);1-8H,9H2,(H,21,22);1-9H,10H2,(H,20,21);4-5H,3H2,1-2H3,(H,17,18);3-6H,2H2,1H3,(H,15,16). The number of carbonyl (C=O) groups is 6. The fraction of sp³-hybridized carbons (Fsp3) is 0.114. The Hall–Kier alpha value is -14.4. The van der Waals surface area contributed by atoms with Gasteiger partial charge in [-0.15, -0.1) is 30.6 Å². The van der Waals surface area contributed by atoms with Gasteiger partial charge in [0.15, 0.2) is 0 Å². The Bertz CT molecular complexity index is 6750. The van der Waals surface area contributed by atoms with Crippen LogP contribution >= 0.6 is 110 Å². The summed E-state index contributed by atoms with van der Waals surface area (Å²) < 4.78 is 15.5. The molecular formula is C88H73BrCl2N24O13S6. The molecule has 0 saturated carbocycles. The number of benzene rings is 11. The van der Waals surface area contributed by atoms with Crippen LogP contribution in [-0.4, -0.2) is 212 Å². The fourth-order valence-electron chi connectivity index (χ4n) is 11.7. The van der Waals surface area contributed by atoms with Crippen molar-refractivity contribution in [2.24, 2.45) is 0 Å². The minimum absolute atomic E-state index is 0.0148. The number of aromatic carboxylic acids is 6. The summed E-state index contributed by atoms with van der Waals surface area (Å²) in [4.78, 5) is 65.6.